The third kappa shape index (κ3) is 2.85. The summed E-state index contributed by atoms with van der Waals surface area (Å²) in [5, 5.41) is 2.79. The van der Waals surface area contributed by atoms with Crippen molar-refractivity contribution in [3.8, 4) is 0 Å². The fraction of sp³-hybridized carbons (Fsp3) is 0.857. The van der Waals surface area contributed by atoms with E-state index in [-0.39, 0.29) is 11.8 Å². The smallest absolute Gasteiger partial charge is 0.248 e. The average molecular weight is 254 g/mol. The Balaban J connectivity index is 2.82. The van der Waals surface area contributed by atoms with Gasteiger partial charge in [0.15, 0.2) is 0 Å². The maximum Gasteiger partial charge on any atom is 0.248 e. The van der Waals surface area contributed by atoms with Crippen LogP contribution in [-0.4, -0.2) is 34.3 Å². The number of carbonyl (C=O) groups is 2. The van der Waals surface area contributed by atoms with Gasteiger partial charge in [-0.3, -0.25) is 9.59 Å². The van der Waals surface area contributed by atoms with E-state index in [0.717, 1.165) is 12.8 Å². The molecule has 1 aliphatic heterocycles. The Morgan fingerprint density at radius 2 is 1.72 bits per heavy atom. The number of hydrogen-bond donors (Lipinski definition) is 1. The highest BCUT2D eigenvalue weighted by atomic mass is 16.2. The average Bonchev–Trinajstić information content (AvgIpc) is 2.20. The fourth-order valence-electron chi connectivity index (χ4n) is 2.24. The lowest BCUT2D eigenvalue weighted by atomic mass is 9.89. The Kier molecular flexibility index (Phi) is 4.08. The monoisotopic (exact) mass is 254 g/mol. The zero-order chi connectivity index (χ0) is 14.1. The summed E-state index contributed by atoms with van der Waals surface area (Å²) in [7, 11) is 0. The molecule has 2 amide bonds. The topological polar surface area (TPSA) is 49.4 Å². The molecule has 1 saturated heterocycles. The van der Waals surface area contributed by atoms with Gasteiger partial charge in [0.1, 0.15) is 11.1 Å². The van der Waals surface area contributed by atoms with Crippen molar-refractivity contribution in [3.05, 3.63) is 0 Å². The summed E-state index contributed by atoms with van der Waals surface area (Å²) in [6.07, 6.45) is 2.01. The van der Waals surface area contributed by atoms with Crippen LogP contribution in [0.2, 0.25) is 0 Å². The van der Waals surface area contributed by atoms with Crippen LogP contribution in [-0.2, 0) is 9.59 Å². The molecule has 1 aliphatic rings. The van der Waals surface area contributed by atoms with Crippen LogP contribution in [0.1, 0.15) is 54.4 Å². The summed E-state index contributed by atoms with van der Waals surface area (Å²) < 4.78 is 0. The summed E-state index contributed by atoms with van der Waals surface area (Å²) in [6, 6.07) is 0. The standard InChI is InChI=1S/C14H26N2O2/c1-10(2)8-7-9-16-12(18)13(3,4)15-11(17)14(16,5)6/h10H,7-9H2,1-6H3,(H,15,17). The summed E-state index contributed by atoms with van der Waals surface area (Å²) in [4.78, 5) is 26.2. The molecule has 1 heterocycles. The molecule has 0 aliphatic carbocycles. The van der Waals surface area contributed by atoms with Crippen LogP contribution >= 0.6 is 0 Å². The number of piperazine rings is 1. The molecule has 1 fully saturated rings. The lowest BCUT2D eigenvalue weighted by Gasteiger charge is -2.47. The van der Waals surface area contributed by atoms with Crippen molar-refractivity contribution in [1.82, 2.24) is 10.2 Å². The van der Waals surface area contributed by atoms with E-state index in [9.17, 15) is 9.59 Å². The Morgan fingerprint density at radius 1 is 1.17 bits per heavy atom. The fourth-order valence-corrected chi connectivity index (χ4v) is 2.24. The third-order valence-corrected chi connectivity index (χ3v) is 3.60. The predicted molar refractivity (Wildman–Crippen MR) is 72.1 cm³/mol. The van der Waals surface area contributed by atoms with Crippen LogP contribution in [0.25, 0.3) is 0 Å². The van der Waals surface area contributed by atoms with Crippen molar-refractivity contribution in [1.29, 1.82) is 0 Å². The number of hydrogen-bond acceptors (Lipinski definition) is 2. The van der Waals surface area contributed by atoms with Crippen LogP contribution in [0.15, 0.2) is 0 Å². The second-order valence-corrected chi connectivity index (χ2v) is 6.63. The van der Waals surface area contributed by atoms with E-state index in [0.29, 0.717) is 12.5 Å². The van der Waals surface area contributed by atoms with Crippen LogP contribution in [0.4, 0.5) is 0 Å². The van der Waals surface area contributed by atoms with Crippen molar-refractivity contribution in [3.63, 3.8) is 0 Å². The van der Waals surface area contributed by atoms with Crippen LogP contribution < -0.4 is 5.32 Å². The highest BCUT2D eigenvalue weighted by Crippen LogP contribution is 2.26. The number of nitrogens with one attached hydrogen (secondary N) is 1. The van der Waals surface area contributed by atoms with E-state index in [2.05, 4.69) is 19.2 Å². The summed E-state index contributed by atoms with van der Waals surface area (Å²) >= 11 is 0. The summed E-state index contributed by atoms with van der Waals surface area (Å²) in [5.41, 5.74) is -1.53. The van der Waals surface area contributed by atoms with Gasteiger partial charge < -0.3 is 10.2 Å². The molecule has 0 radical (unpaired) electrons. The first kappa shape index (κ1) is 15.0. The van der Waals surface area contributed by atoms with Crippen LogP contribution in [0, 0.1) is 5.92 Å². The molecule has 0 aromatic rings. The van der Waals surface area contributed by atoms with Gasteiger partial charge in [0.2, 0.25) is 11.8 Å². The first-order chi connectivity index (χ1) is 8.09. The lowest BCUT2D eigenvalue weighted by molar-refractivity contribution is -0.159. The second kappa shape index (κ2) is 4.90. The normalized spacial score (nSPS) is 22.3. The van der Waals surface area contributed by atoms with Crippen molar-refractivity contribution < 1.29 is 9.59 Å². The maximum absolute atomic E-state index is 12.4. The van der Waals surface area contributed by atoms with Crippen molar-refractivity contribution in [2.75, 3.05) is 6.54 Å². The van der Waals surface area contributed by atoms with E-state index < -0.39 is 11.1 Å². The minimum atomic E-state index is -0.787. The summed E-state index contributed by atoms with van der Waals surface area (Å²) in [5.74, 6) is 0.558. The van der Waals surface area contributed by atoms with Gasteiger partial charge in [-0.15, -0.1) is 0 Å². The maximum atomic E-state index is 12.4. The van der Waals surface area contributed by atoms with Crippen molar-refractivity contribution in [2.45, 2.75) is 65.5 Å². The Hall–Kier alpha value is -1.06. The van der Waals surface area contributed by atoms with Gasteiger partial charge in [0, 0.05) is 6.54 Å². The minimum absolute atomic E-state index is 0.0101. The van der Waals surface area contributed by atoms with Gasteiger partial charge in [-0.25, -0.2) is 0 Å². The first-order valence-corrected chi connectivity index (χ1v) is 6.73. The van der Waals surface area contributed by atoms with Gasteiger partial charge in [0.25, 0.3) is 0 Å². The minimum Gasteiger partial charge on any atom is -0.340 e. The van der Waals surface area contributed by atoms with Gasteiger partial charge in [0.05, 0.1) is 0 Å². The molecular formula is C14H26N2O2. The quantitative estimate of drug-likeness (QED) is 0.833. The molecule has 0 aromatic heterocycles. The van der Waals surface area contributed by atoms with Crippen LogP contribution in [0.5, 0.6) is 0 Å². The highest BCUT2D eigenvalue weighted by molar-refractivity contribution is 6.01. The molecule has 18 heavy (non-hydrogen) atoms. The SMILES string of the molecule is CC(C)CCCN1C(=O)C(C)(C)NC(=O)C1(C)C. The number of amides is 2. The number of nitrogens with zero attached hydrogens (tertiary/aromatic N) is 1. The van der Waals surface area contributed by atoms with E-state index in [1.807, 2.05) is 13.8 Å². The molecule has 0 bridgehead atoms. The predicted octanol–water partition coefficient (Wildman–Crippen LogP) is 1.94. The van der Waals surface area contributed by atoms with Gasteiger partial charge in [-0.05, 0) is 46.5 Å². The van der Waals surface area contributed by atoms with E-state index in [1.54, 1.807) is 18.7 Å². The molecule has 0 atom stereocenters. The molecule has 104 valence electrons. The number of carbonyl (C=O) groups excluding carboxylic acids is 2. The van der Waals surface area contributed by atoms with E-state index in [1.165, 1.54) is 0 Å². The summed E-state index contributed by atoms with van der Waals surface area (Å²) in [6.45, 7) is 12.1. The van der Waals surface area contributed by atoms with Crippen molar-refractivity contribution >= 4 is 11.8 Å². The second-order valence-electron chi connectivity index (χ2n) is 6.63. The Morgan fingerprint density at radius 3 is 2.22 bits per heavy atom. The molecule has 1 rings (SSSR count). The van der Waals surface area contributed by atoms with Crippen molar-refractivity contribution in [2.24, 2.45) is 5.92 Å². The first-order valence-electron chi connectivity index (χ1n) is 6.73. The third-order valence-electron chi connectivity index (χ3n) is 3.60. The molecule has 0 unspecified atom stereocenters. The van der Waals surface area contributed by atoms with Gasteiger partial charge in [-0.2, -0.15) is 0 Å². The molecule has 0 spiro atoms. The molecular weight excluding hydrogens is 228 g/mol. The molecule has 0 saturated carbocycles. The van der Waals surface area contributed by atoms with Crippen LogP contribution in [0.3, 0.4) is 0 Å². The van der Waals surface area contributed by atoms with Gasteiger partial charge in [-0.1, -0.05) is 13.8 Å². The van der Waals surface area contributed by atoms with E-state index >= 15 is 0 Å². The largest absolute Gasteiger partial charge is 0.340 e. The lowest BCUT2D eigenvalue weighted by Crippen LogP contribution is -2.72. The highest BCUT2D eigenvalue weighted by Gasteiger charge is 2.49. The molecule has 4 nitrogen and oxygen atoms in total. The zero-order valence-electron chi connectivity index (χ0n) is 12.5. The Bertz CT molecular complexity index is 346. The molecule has 4 heteroatoms. The van der Waals surface area contributed by atoms with Gasteiger partial charge >= 0.3 is 0 Å². The Labute approximate surface area is 110 Å². The molecule has 1 N–H and O–H groups in total. The van der Waals surface area contributed by atoms with E-state index in [4.69, 9.17) is 0 Å². The zero-order valence-corrected chi connectivity index (χ0v) is 12.5. The number of rotatable bonds is 4. The molecule has 0 aromatic carbocycles.